The Hall–Kier alpha value is -2.19. The summed E-state index contributed by atoms with van der Waals surface area (Å²) < 4.78 is 5.38. The first-order valence-corrected chi connectivity index (χ1v) is 6.40. The number of carboxylic acid groups (broad SMARTS) is 1. The van der Waals surface area contributed by atoms with Crippen molar-refractivity contribution in [3.8, 4) is 0 Å². The molecule has 0 fully saturated rings. The molecular formula is C13H19N3O5. The van der Waals surface area contributed by atoms with Crippen molar-refractivity contribution in [2.75, 3.05) is 45.7 Å². The highest BCUT2D eigenvalue weighted by Gasteiger charge is 2.19. The molecule has 1 rings (SSSR count). The lowest BCUT2D eigenvalue weighted by molar-refractivity contribution is -0.385. The number of carbonyl (C=O) groups is 1. The molecule has 0 atom stereocenters. The van der Waals surface area contributed by atoms with Crippen molar-refractivity contribution in [1.29, 1.82) is 0 Å². The summed E-state index contributed by atoms with van der Waals surface area (Å²) in [6.45, 7) is 2.38. The van der Waals surface area contributed by atoms with E-state index in [2.05, 4.69) is 5.32 Å². The fraction of sp³-hybridized carbons (Fsp3) is 0.462. The van der Waals surface area contributed by atoms with E-state index in [-0.39, 0.29) is 5.56 Å². The lowest BCUT2D eigenvalue weighted by Gasteiger charge is -2.11. The monoisotopic (exact) mass is 297 g/mol. The minimum atomic E-state index is -1.33. The van der Waals surface area contributed by atoms with Gasteiger partial charge in [-0.2, -0.15) is 0 Å². The maximum absolute atomic E-state index is 11.0. The number of aromatic carboxylic acids is 1. The Morgan fingerprint density at radius 3 is 2.71 bits per heavy atom. The van der Waals surface area contributed by atoms with E-state index in [9.17, 15) is 14.9 Å². The van der Waals surface area contributed by atoms with E-state index in [4.69, 9.17) is 9.84 Å². The number of nitro groups is 1. The predicted octanol–water partition coefficient (Wildman–Crippen LogP) is 1.28. The number of rotatable bonds is 9. The SMILES string of the molecule is CN(C)CCOCCNc1ccc([N+](=O)[O-])c(C(=O)O)c1. The molecule has 0 aromatic heterocycles. The van der Waals surface area contributed by atoms with E-state index in [0.29, 0.717) is 25.4 Å². The van der Waals surface area contributed by atoms with Gasteiger partial charge in [-0.3, -0.25) is 10.1 Å². The third-order valence-electron chi connectivity index (χ3n) is 2.68. The van der Waals surface area contributed by atoms with E-state index in [1.165, 1.54) is 18.2 Å². The van der Waals surface area contributed by atoms with E-state index >= 15 is 0 Å². The predicted molar refractivity (Wildman–Crippen MR) is 77.9 cm³/mol. The van der Waals surface area contributed by atoms with Crippen LogP contribution < -0.4 is 5.32 Å². The van der Waals surface area contributed by atoms with Crippen molar-refractivity contribution in [2.24, 2.45) is 0 Å². The molecule has 0 spiro atoms. The quantitative estimate of drug-likeness (QED) is 0.402. The van der Waals surface area contributed by atoms with E-state index in [1.54, 1.807) is 0 Å². The van der Waals surface area contributed by atoms with Crippen LogP contribution in [0, 0.1) is 10.1 Å². The van der Waals surface area contributed by atoms with Crippen LogP contribution in [-0.4, -0.2) is 61.3 Å². The maximum Gasteiger partial charge on any atom is 0.342 e. The zero-order chi connectivity index (χ0) is 15.8. The molecule has 1 aromatic rings. The average molecular weight is 297 g/mol. The van der Waals surface area contributed by atoms with Gasteiger partial charge in [-0.15, -0.1) is 0 Å². The van der Waals surface area contributed by atoms with Gasteiger partial charge in [0.05, 0.1) is 18.1 Å². The summed E-state index contributed by atoms with van der Waals surface area (Å²) in [6, 6.07) is 3.91. The number of nitrogens with one attached hydrogen (secondary N) is 1. The van der Waals surface area contributed by atoms with Crippen LogP contribution in [0.3, 0.4) is 0 Å². The molecule has 0 aliphatic heterocycles. The Balaban J connectivity index is 2.51. The fourth-order valence-electron chi connectivity index (χ4n) is 1.59. The van der Waals surface area contributed by atoms with Gasteiger partial charge in [0.1, 0.15) is 5.56 Å². The Morgan fingerprint density at radius 2 is 2.14 bits per heavy atom. The molecule has 2 N–H and O–H groups in total. The molecule has 0 radical (unpaired) electrons. The van der Waals surface area contributed by atoms with Crippen LogP contribution in [-0.2, 0) is 4.74 Å². The van der Waals surface area contributed by atoms with Gasteiger partial charge in [0, 0.05) is 24.8 Å². The highest BCUT2D eigenvalue weighted by molar-refractivity contribution is 5.93. The molecule has 8 heteroatoms. The number of anilines is 1. The van der Waals surface area contributed by atoms with Crippen LogP contribution >= 0.6 is 0 Å². The Morgan fingerprint density at radius 1 is 1.43 bits per heavy atom. The molecule has 0 bridgehead atoms. The van der Waals surface area contributed by atoms with Crippen LogP contribution in [0.25, 0.3) is 0 Å². The standard InChI is InChI=1S/C13H19N3O5/c1-15(2)6-8-21-7-5-14-10-3-4-12(16(19)20)11(9-10)13(17)18/h3-4,9,14H,5-8H2,1-2H3,(H,17,18). The molecule has 0 unspecified atom stereocenters. The van der Waals surface area contributed by atoms with Crippen molar-refractivity contribution < 1.29 is 19.6 Å². The van der Waals surface area contributed by atoms with Crippen LogP contribution in [0.2, 0.25) is 0 Å². The molecule has 0 saturated heterocycles. The first-order valence-electron chi connectivity index (χ1n) is 6.40. The smallest absolute Gasteiger partial charge is 0.342 e. The van der Waals surface area contributed by atoms with Crippen molar-refractivity contribution in [3.63, 3.8) is 0 Å². The minimum absolute atomic E-state index is 0.335. The summed E-state index contributed by atoms with van der Waals surface area (Å²) in [7, 11) is 3.90. The number of nitrogens with zero attached hydrogens (tertiary/aromatic N) is 2. The summed E-state index contributed by atoms with van der Waals surface area (Å²) in [5.74, 6) is -1.33. The number of hydrogen-bond acceptors (Lipinski definition) is 6. The molecule has 0 aliphatic carbocycles. The second-order valence-electron chi connectivity index (χ2n) is 4.64. The number of likely N-dealkylation sites (N-methyl/N-ethyl adjacent to an activating group) is 1. The molecular weight excluding hydrogens is 278 g/mol. The second kappa shape index (κ2) is 8.18. The van der Waals surface area contributed by atoms with Gasteiger partial charge in [-0.1, -0.05) is 0 Å². The Labute approximate surface area is 122 Å². The highest BCUT2D eigenvalue weighted by Crippen LogP contribution is 2.22. The summed E-state index contributed by atoms with van der Waals surface area (Å²) >= 11 is 0. The summed E-state index contributed by atoms with van der Waals surface area (Å²) in [6.07, 6.45) is 0. The normalized spacial score (nSPS) is 10.6. The van der Waals surface area contributed by atoms with Gasteiger partial charge in [-0.05, 0) is 26.2 Å². The summed E-state index contributed by atoms with van der Waals surface area (Å²) in [5, 5.41) is 22.7. The lowest BCUT2D eigenvalue weighted by Crippen LogP contribution is -2.20. The molecule has 8 nitrogen and oxygen atoms in total. The van der Waals surface area contributed by atoms with E-state index in [0.717, 1.165) is 6.54 Å². The van der Waals surface area contributed by atoms with Crippen molar-refractivity contribution in [1.82, 2.24) is 4.90 Å². The number of ether oxygens (including phenoxy) is 1. The number of carboxylic acids is 1. The van der Waals surface area contributed by atoms with Crippen LogP contribution in [0.15, 0.2) is 18.2 Å². The molecule has 116 valence electrons. The van der Waals surface area contributed by atoms with Crippen LogP contribution in [0.1, 0.15) is 10.4 Å². The number of nitro benzene ring substituents is 1. The van der Waals surface area contributed by atoms with Gasteiger partial charge in [-0.25, -0.2) is 4.79 Å². The van der Waals surface area contributed by atoms with Gasteiger partial charge < -0.3 is 20.1 Å². The minimum Gasteiger partial charge on any atom is -0.477 e. The Bertz CT molecular complexity index is 505. The van der Waals surface area contributed by atoms with Crippen molar-refractivity contribution in [2.45, 2.75) is 0 Å². The molecule has 1 aromatic carbocycles. The van der Waals surface area contributed by atoms with Gasteiger partial charge >= 0.3 is 5.97 Å². The van der Waals surface area contributed by atoms with Gasteiger partial charge in [0.15, 0.2) is 0 Å². The Kier molecular flexibility index (Phi) is 6.57. The molecule has 0 aliphatic rings. The summed E-state index contributed by atoms with van der Waals surface area (Å²) in [5.41, 5.74) is -0.247. The largest absolute Gasteiger partial charge is 0.477 e. The lowest BCUT2D eigenvalue weighted by atomic mass is 10.1. The molecule has 0 heterocycles. The van der Waals surface area contributed by atoms with Crippen molar-refractivity contribution in [3.05, 3.63) is 33.9 Å². The topological polar surface area (TPSA) is 105 Å². The number of benzene rings is 1. The molecule has 0 amide bonds. The van der Waals surface area contributed by atoms with E-state index < -0.39 is 16.6 Å². The zero-order valence-corrected chi connectivity index (χ0v) is 12.0. The second-order valence-corrected chi connectivity index (χ2v) is 4.64. The summed E-state index contributed by atoms with van der Waals surface area (Å²) in [4.78, 5) is 23.0. The third kappa shape index (κ3) is 5.76. The third-order valence-corrected chi connectivity index (χ3v) is 2.68. The van der Waals surface area contributed by atoms with Crippen LogP contribution in [0.5, 0.6) is 0 Å². The van der Waals surface area contributed by atoms with Gasteiger partial charge in [0.25, 0.3) is 5.69 Å². The van der Waals surface area contributed by atoms with Crippen molar-refractivity contribution >= 4 is 17.3 Å². The number of hydrogen-bond donors (Lipinski definition) is 2. The fourth-order valence-corrected chi connectivity index (χ4v) is 1.59. The van der Waals surface area contributed by atoms with Gasteiger partial charge in [0.2, 0.25) is 0 Å². The van der Waals surface area contributed by atoms with E-state index in [1.807, 2.05) is 19.0 Å². The zero-order valence-electron chi connectivity index (χ0n) is 12.0. The van der Waals surface area contributed by atoms with Crippen LogP contribution in [0.4, 0.5) is 11.4 Å². The first kappa shape index (κ1) is 16.9. The average Bonchev–Trinajstić information content (AvgIpc) is 2.41. The highest BCUT2D eigenvalue weighted by atomic mass is 16.6. The maximum atomic E-state index is 11.0. The molecule has 0 saturated carbocycles. The first-order chi connectivity index (χ1) is 9.91. The molecule has 21 heavy (non-hydrogen) atoms.